The zero-order chi connectivity index (χ0) is 14.2. The van der Waals surface area contributed by atoms with Gasteiger partial charge in [0, 0.05) is 7.05 Å². The number of aromatic nitrogens is 2. The molecular weight excluding hydrogens is 308 g/mol. The number of ether oxygens (including phenoxy) is 1. The molecule has 5 heteroatoms. The number of aliphatic hydroxyl groups is 1. The molecule has 19 heavy (non-hydrogen) atoms. The zero-order valence-corrected chi connectivity index (χ0v) is 13.0. The molecule has 1 heterocycles. The van der Waals surface area contributed by atoms with Gasteiger partial charge >= 0.3 is 0 Å². The average molecular weight is 325 g/mol. The van der Waals surface area contributed by atoms with Crippen LogP contribution in [0.25, 0.3) is 0 Å². The highest BCUT2D eigenvalue weighted by molar-refractivity contribution is 9.10. The van der Waals surface area contributed by atoms with Crippen molar-refractivity contribution >= 4 is 15.9 Å². The molecule has 0 amide bonds. The van der Waals surface area contributed by atoms with E-state index in [9.17, 15) is 5.11 Å². The predicted molar refractivity (Wildman–Crippen MR) is 77.5 cm³/mol. The number of hydrogen-bond acceptors (Lipinski definition) is 3. The summed E-state index contributed by atoms with van der Waals surface area (Å²) in [6.07, 6.45) is -0.493. The number of rotatable bonds is 3. The monoisotopic (exact) mass is 324 g/mol. The molecule has 0 aliphatic carbocycles. The second-order valence-electron chi connectivity index (χ2n) is 4.59. The van der Waals surface area contributed by atoms with Gasteiger partial charge in [0.05, 0.1) is 16.3 Å². The first-order valence-electron chi connectivity index (χ1n) is 6.05. The van der Waals surface area contributed by atoms with Crippen molar-refractivity contribution in [1.29, 1.82) is 0 Å². The number of halogens is 1. The predicted octanol–water partition coefficient (Wildman–Crippen LogP) is 3.65. The van der Waals surface area contributed by atoms with Gasteiger partial charge in [-0.1, -0.05) is 6.07 Å². The van der Waals surface area contributed by atoms with Gasteiger partial charge in [0.1, 0.15) is 11.4 Å². The van der Waals surface area contributed by atoms with E-state index >= 15 is 0 Å². The normalized spacial score (nSPS) is 12.5. The molecule has 0 aliphatic rings. The topological polar surface area (TPSA) is 47.3 Å². The SMILES string of the molecule is Cc1nn(C)c(C)c1Oc1ccc(C(C)O)cc1Br. The van der Waals surface area contributed by atoms with Crippen molar-refractivity contribution in [3.05, 3.63) is 39.6 Å². The molecule has 0 aliphatic heterocycles. The van der Waals surface area contributed by atoms with Gasteiger partial charge in [-0.05, 0) is 54.4 Å². The summed E-state index contributed by atoms with van der Waals surface area (Å²) in [6.45, 7) is 5.62. The molecule has 4 nitrogen and oxygen atoms in total. The number of aryl methyl sites for hydroxylation is 2. The highest BCUT2D eigenvalue weighted by atomic mass is 79.9. The molecule has 2 rings (SSSR count). The summed E-state index contributed by atoms with van der Waals surface area (Å²) in [7, 11) is 1.89. The van der Waals surface area contributed by atoms with Gasteiger partial charge in [-0.25, -0.2) is 0 Å². The minimum atomic E-state index is -0.493. The lowest BCUT2D eigenvalue weighted by molar-refractivity contribution is 0.199. The van der Waals surface area contributed by atoms with E-state index < -0.39 is 6.10 Å². The van der Waals surface area contributed by atoms with Crippen LogP contribution in [0.5, 0.6) is 11.5 Å². The van der Waals surface area contributed by atoms with Crippen molar-refractivity contribution in [1.82, 2.24) is 9.78 Å². The van der Waals surface area contributed by atoms with Crippen LogP contribution in [0.4, 0.5) is 0 Å². The van der Waals surface area contributed by atoms with Crippen LogP contribution in [0.1, 0.15) is 30.0 Å². The van der Waals surface area contributed by atoms with Crippen molar-refractivity contribution < 1.29 is 9.84 Å². The maximum atomic E-state index is 9.55. The zero-order valence-electron chi connectivity index (χ0n) is 11.4. The van der Waals surface area contributed by atoms with Crippen LogP contribution in [0.15, 0.2) is 22.7 Å². The third-order valence-electron chi connectivity index (χ3n) is 3.09. The molecule has 0 bridgehead atoms. The van der Waals surface area contributed by atoms with Crippen LogP contribution in [0.3, 0.4) is 0 Å². The Morgan fingerprint density at radius 1 is 1.37 bits per heavy atom. The maximum absolute atomic E-state index is 9.55. The first-order valence-corrected chi connectivity index (χ1v) is 6.85. The maximum Gasteiger partial charge on any atom is 0.171 e. The number of nitrogens with zero attached hydrogens (tertiary/aromatic N) is 2. The summed E-state index contributed by atoms with van der Waals surface area (Å²) in [5, 5.41) is 13.9. The molecule has 1 aromatic carbocycles. The van der Waals surface area contributed by atoms with Crippen molar-refractivity contribution in [2.24, 2.45) is 7.05 Å². The van der Waals surface area contributed by atoms with Crippen molar-refractivity contribution in [2.75, 3.05) is 0 Å². The molecule has 1 atom stereocenters. The Morgan fingerprint density at radius 3 is 2.53 bits per heavy atom. The van der Waals surface area contributed by atoms with Gasteiger partial charge in [0.25, 0.3) is 0 Å². The third-order valence-corrected chi connectivity index (χ3v) is 3.71. The second-order valence-corrected chi connectivity index (χ2v) is 5.45. The van der Waals surface area contributed by atoms with E-state index in [0.29, 0.717) is 5.75 Å². The number of aliphatic hydroxyl groups excluding tert-OH is 1. The van der Waals surface area contributed by atoms with Crippen LogP contribution >= 0.6 is 15.9 Å². The van der Waals surface area contributed by atoms with Crippen molar-refractivity contribution in [3.8, 4) is 11.5 Å². The summed E-state index contributed by atoms with van der Waals surface area (Å²) < 4.78 is 8.52. The fourth-order valence-electron chi connectivity index (χ4n) is 1.87. The van der Waals surface area contributed by atoms with Crippen LogP contribution in [0.2, 0.25) is 0 Å². The molecule has 1 unspecified atom stereocenters. The summed E-state index contributed by atoms with van der Waals surface area (Å²) in [5.41, 5.74) is 2.68. The Labute approximate surface area is 121 Å². The molecule has 0 radical (unpaired) electrons. The highest BCUT2D eigenvalue weighted by Crippen LogP contribution is 2.34. The van der Waals surface area contributed by atoms with Gasteiger partial charge in [-0.2, -0.15) is 5.10 Å². The molecule has 0 fully saturated rings. The molecule has 1 aromatic heterocycles. The Hall–Kier alpha value is -1.33. The van der Waals surface area contributed by atoms with E-state index in [1.165, 1.54) is 0 Å². The van der Waals surface area contributed by atoms with Crippen molar-refractivity contribution in [2.45, 2.75) is 26.9 Å². The summed E-state index contributed by atoms with van der Waals surface area (Å²) in [5.74, 6) is 1.48. The van der Waals surface area contributed by atoms with Gasteiger partial charge < -0.3 is 9.84 Å². The average Bonchev–Trinajstić information content (AvgIpc) is 2.58. The fourth-order valence-corrected chi connectivity index (χ4v) is 2.35. The highest BCUT2D eigenvalue weighted by Gasteiger charge is 2.14. The lowest BCUT2D eigenvalue weighted by atomic mass is 10.1. The fraction of sp³-hybridized carbons (Fsp3) is 0.357. The molecule has 0 saturated heterocycles. The van der Waals surface area contributed by atoms with E-state index in [4.69, 9.17) is 4.74 Å². The standard InChI is InChI=1S/C14H17BrN2O2/c1-8-14(9(2)17(4)16-8)19-13-6-5-11(10(3)18)7-12(13)15/h5-7,10,18H,1-4H3. The third kappa shape index (κ3) is 2.82. The lowest BCUT2D eigenvalue weighted by Gasteiger charge is -2.11. The Balaban J connectivity index is 2.34. The van der Waals surface area contributed by atoms with Gasteiger partial charge in [0.15, 0.2) is 5.75 Å². The Bertz CT molecular complexity index is 606. The van der Waals surface area contributed by atoms with E-state index in [0.717, 1.165) is 27.2 Å². The van der Waals surface area contributed by atoms with Crippen LogP contribution in [-0.2, 0) is 7.05 Å². The minimum Gasteiger partial charge on any atom is -0.452 e. The van der Waals surface area contributed by atoms with Crippen LogP contribution in [-0.4, -0.2) is 14.9 Å². The summed E-state index contributed by atoms with van der Waals surface area (Å²) >= 11 is 3.47. The lowest BCUT2D eigenvalue weighted by Crippen LogP contribution is -1.94. The number of hydrogen-bond donors (Lipinski definition) is 1. The van der Waals surface area contributed by atoms with Gasteiger partial charge in [-0.15, -0.1) is 0 Å². The van der Waals surface area contributed by atoms with E-state index in [-0.39, 0.29) is 0 Å². The van der Waals surface area contributed by atoms with E-state index in [1.807, 2.05) is 39.1 Å². The Kier molecular flexibility index (Phi) is 3.96. The first kappa shape index (κ1) is 14.1. The van der Waals surface area contributed by atoms with E-state index in [2.05, 4.69) is 21.0 Å². The molecule has 0 spiro atoms. The quantitative estimate of drug-likeness (QED) is 0.937. The van der Waals surface area contributed by atoms with Gasteiger partial charge in [-0.3, -0.25) is 4.68 Å². The van der Waals surface area contributed by atoms with Crippen molar-refractivity contribution in [3.63, 3.8) is 0 Å². The molecule has 0 saturated carbocycles. The first-order chi connectivity index (χ1) is 8.90. The Morgan fingerprint density at radius 2 is 2.05 bits per heavy atom. The molecular formula is C14H17BrN2O2. The van der Waals surface area contributed by atoms with Gasteiger partial charge in [0.2, 0.25) is 0 Å². The van der Waals surface area contributed by atoms with Crippen LogP contribution < -0.4 is 4.74 Å². The molecule has 2 aromatic rings. The van der Waals surface area contributed by atoms with E-state index in [1.54, 1.807) is 11.6 Å². The smallest absolute Gasteiger partial charge is 0.171 e. The second kappa shape index (κ2) is 5.35. The molecule has 1 N–H and O–H groups in total. The van der Waals surface area contributed by atoms with Crippen LogP contribution in [0, 0.1) is 13.8 Å². The summed E-state index contributed by atoms with van der Waals surface area (Å²) in [6, 6.07) is 5.56. The number of benzene rings is 1. The summed E-state index contributed by atoms with van der Waals surface area (Å²) in [4.78, 5) is 0. The minimum absolute atomic E-state index is 0.493. The largest absolute Gasteiger partial charge is 0.452 e. The molecule has 102 valence electrons.